The predicted molar refractivity (Wildman–Crippen MR) is 283 cm³/mol. The number of nitrogens with zero attached hydrogens (tertiary/aromatic N) is 3. The molecule has 0 aromatic heterocycles. The molecule has 10 heteroatoms. The van der Waals surface area contributed by atoms with Crippen LogP contribution in [0.2, 0.25) is 0 Å². The number of aliphatic hydroxyl groups excluding tert-OH is 2. The monoisotopic (exact) mass is 963 g/mol. The Balaban J connectivity index is 1.26. The fraction of sp³-hybridized carbons (Fsp3) is 0.339. The van der Waals surface area contributed by atoms with Crippen LogP contribution in [0.1, 0.15) is 98.7 Å². The van der Waals surface area contributed by atoms with E-state index in [1.54, 1.807) is 30.3 Å². The second-order valence-corrected chi connectivity index (χ2v) is 20.2. The minimum absolute atomic E-state index is 0.0167. The zero-order valence-electron chi connectivity index (χ0n) is 41.6. The van der Waals surface area contributed by atoms with E-state index in [1.165, 1.54) is 0 Å². The van der Waals surface area contributed by atoms with Crippen molar-refractivity contribution in [2.45, 2.75) is 95.6 Å². The van der Waals surface area contributed by atoms with Gasteiger partial charge in [0.25, 0.3) is 5.91 Å². The maximum absolute atomic E-state index is 15.7. The highest BCUT2D eigenvalue weighted by Crippen LogP contribution is 2.62. The van der Waals surface area contributed by atoms with E-state index < -0.39 is 23.3 Å². The topological polar surface area (TPSA) is 134 Å². The number of hydrogen-bond donors (Lipinski definition) is 2. The second-order valence-electron chi connectivity index (χ2n) is 20.2. The summed E-state index contributed by atoms with van der Waals surface area (Å²) in [5, 5.41) is 37.1. The third-order valence-corrected chi connectivity index (χ3v) is 14.4. The zero-order valence-corrected chi connectivity index (χ0v) is 41.6. The molecule has 1 heterocycles. The Morgan fingerprint density at radius 2 is 1.54 bits per heavy atom. The summed E-state index contributed by atoms with van der Waals surface area (Å²) in [6.45, 7) is 10.5. The molecule has 6 atom stereocenters. The van der Waals surface area contributed by atoms with Crippen LogP contribution in [0.25, 0.3) is 21.9 Å². The third-order valence-electron chi connectivity index (χ3n) is 14.4. The van der Waals surface area contributed by atoms with Crippen molar-refractivity contribution in [1.29, 1.82) is 5.26 Å². The van der Waals surface area contributed by atoms with Gasteiger partial charge in [-0.2, -0.15) is 5.26 Å². The molecule has 10 nitrogen and oxygen atoms in total. The van der Waals surface area contributed by atoms with Gasteiger partial charge in [0.15, 0.2) is 0 Å². The van der Waals surface area contributed by atoms with E-state index in [-0.39, 0.29) is 56.4 Å². The number of oxime groups is 1. The minimum Gasteiger partial charge on any atom is -0.459 e. The zero-order chi connectivity index (χ0) is 50.2. The van der Waals surface area contributed by atoms with Crippen LogP contribution in [0.5, 0.6) is 17.2 Å². The van der Waals surface area contributed by atoms with Crippen molar-refractivity contribution in [3.63, 3.8) is 0 Å². The fourth-order valence-electron chi connectivity index (χ4n) is 11.2. The number of carbonyl (C=O) groups is 1. The lowest BCUT2D eigenvalue weighted by Crippen LogP contribution is -2.70. The highest BCUT2D eigenvalue weighted by Gasteiger charge is 2.65. The lowest BCUT2D eigenvalue weighted by molar-refractivity contribution is -0.255. The summed E-state index contributed by atoms with van der Waals surface area (Å²) in [7, 11) is 0. The largest absolute Gasteiger partial charge is 0.459 e. The van der Waals surface area contributed by atoms with Gasteiger partial charge in [0.2, 0.25) is 5.79 Å². The van der Waals surface area contributed by atoms with E-state index in [9.17, 15) is 15.5 Å². The molecule has 9 rings (SSSR count). The molecule has 1 amide bonds. The number of hydrogen-bond acceptors (Lipinski definition) is 9. The highest BCUT2D eigenvalue weighted by molar-refractivity contribution is 6.03. The van der Waals surface area contributed by atoms with Gasteiger partial charge in [-0.3, -0.25) is 4.79 Å². The SMILES string of the molecule is C=CCOC12Oc3ccc(Oc4ccc(-c5ccccc5)cc4)cc3C3C(CCCCO)C(CCCCO)C=C(C(=NOC(C)(C)C)CC1N(Cc1cccc4ccccc14)C(=O)c1ccc(C#N)cc1)C32. The lowest BCUT2D eigenvalue weighted by atomic mass is 9.55. The van der Waals surface area contributed by atoms with Crippen molar-refractivity contribution in [1.82, 2.24) is 4.90 Å². The van der Waals surface area contributed by atoms with E-state index in [0.29, 0.717) is 46.9 Å². The summed E-state index contributed by atoms with van der Waals surface area (Å²) in [5.41, 5.74) is 5.99. The van der Waals surface area contributed by atoms with Crippen LogP contribution in [0, 0.1) is 29.1 Å². The summed E-state index contributed by atoms with van der Waals surface area (Å²) in [6.07, 6.45) is 8.83. The number of carbonyl (C=O) groups excluding carboxylic acids is 1. The van der Waals surface area contributed by atoms with E-state index in [0.717, 1.165) is 64.3 Å². The molecule has 6 aromatic rings. The molecule has 370 valence electrons. The molecule has 0 radical (unpaired) electrons. The van der Waals surface area contributed by atoms with Crippen LogP contribution >= 0.6 is 0 Å². The maximum Gasteiger partial charge on any atom is 0.254 e. The van der Waals surface area contributed by atoms with Gasteiger partial charge in [0.1, 0.15) is 28.9 Å². The first-order valence-electron chi connectivity index (χ1n) is 25.4. The molecule has 72 heavy (non-hydrogen) atoms. The Labute approximate surface area is 423 Å². The van der Waals surface area contributed by atoms with Crippen molar-refractivity contribution >= 4 is 22.4 Å². The number of nitriles is 1. The number of amides is 1. The maximum atomic E-state index is 15.7. The normalized spacial score (nSPS) is 21.6. The van der Waals surface area contributed by atoms with Gasteiger partial charge in [0, 0.05) is 43.2 Å². The van der Waals surface area contributed by atoms with Crippen LogP contribution in [-0.4, -0.2) is 64.0 Å². The van der Waals surface area contributed by atoms with Gasteiger partial charge in [0.05, 0.1) is 29.9 Å². The highest BCUT2D eigenvalue weighted by atomic mass is 16.7. The van der Waals surface area contributed by atoms with Crippen molar-refractivity contribution in [3.05, 3.63) is 186 Å². The average Bonchev–Trinajstić information content (AvgIpc) is 3.40. The van der Waals surface area contributed by atoms with Gasteiger partial charge < -0.3 is 34.2 Å². The van der Waals surface area contributed by atoms with Gasteiger partial charge in [-0.1, -0.05) is 115 Å². The molecule has 3 aliphatic rings. The van der Waals surface area contributed by atoms with Gasteiger partial charge in [-0.25, -0.2) is 0 Å². The van der Waals surface area contributed by atoms with Crippen molar-refractivity contribution in [2.75, 3.05) is 19.8 Å². The quantitative estimate of drug-likeness (QED) is 0.0466. The summed E-state index contributed by atoms with van der Waals surface area (Å²) in [6, 6.07) is 46.9. The van der Waals surface area contributed by atoms with Crippen LogP contribution in [0.15, 0.2) is 169 Å². The molecule has 0 saturated heterocycles. The van der Waals surface area contributed by atoms with Crippen LogP contribution in [-0.2, 0) is 16.1 Å². The molecule has 1 fully saturated rings. The summed E-state index contributed by atoms with van der Waals surface area (Å²) in [5.74, 6) is -0.497. The van der Waals surface area contributed by atoms with E-state index in [2.05, 4.69) is 73.3 Å². The molecule has 2 N–H and O–H groups in total. The Hall–Kier alpha value is -7.03. The number of benzene rings is 6. The van der Waals surface area contributed by atoms with Crippen molar-refractivity contribution in [3.8, 4) is 34.4 Å². The molecular formula is C62H65N3O7. The van der Waals surface area contributed by atoms with Gasteiger partial charge >= 0.3 is 0 Å². The molecule has 1 saturated carbocycles. The molecule has 6 unspecified atom stereocenters. The third kappa shape index (κ3) is 10.6. The first-order chi connectivity index (χ1) is 35.0. The molecule has 2 aliphatic carbocycles. The van der Waals surface area contributed by atoms with E-state index >= 15 is 4.79 Å². The number of unbranched alkanes of at least 4 members (excludes halogenated alkanes) is 2. The van der Waals surface area contributed by atoms with E-state index in [1.807, 2.05) is 86.3 Å². The number of aliphatic hydroxyl groups is 2. The number of ether oxygens (including phenoxy) is 3. The van der Waals surface area contributed by atoms with Gasteiger partial charge in [-0.05, 0) is 146 Å². The minimum atomic E-state index is -1.49. The van der Waals surface area contributed by atoms with Crippen molar-refractivity contribution in [2.24, 2.45) is 22.9 Å². The Morgan fingerprint density at radius 3 is 2.26 bits per heavy atom. The number of rotatable bonds is 19. The molecule has 0 bridgehead atoms. The molecular weight excluding hydrogens is 899 g/mol. The van der Waals surface area contributed by atoms with Gasteiger partial charge in [-0.15, -0.1) is 6.58 Å². The predicted octanol–water partition coefficient (Wildman–Crippen LogP) is 12.9. The van der Waals surface area contributed by atoms with Crippen LogP contribution in [0.3, 0.4) is 0 Å². The Morgan fingerprint density at radius 1 is 0.847 bits per heavy atom. The standard InChI is InChI=1S/C62H65N3O7/c1-5-36-69-62-57(65(60(68)46-26-24-42(40-63)25-27-46)41-48-21-15-20-45-18-9-10-22-51(45)48)39-55(64-72-61(2,3)4)53-37-47(19-11-13-34-66)52(23-12-14-35-67)58(59(53)62)54-38-50(32-33-56(54)71-62)70-49-30-28-44(29-31-49)43-16-7-6-8-17-43/h5-10,15-18,20-22,24-33,37-38,47,52,57-59,66-67H,1,11-14,19,23,34-36,39,41H2,2-4H3. The summed E-state index contributed by atoms with van der Waals surface area (Å²) >= 11 is 0. The smallest absolute Gasteiger partial charge is 0.254 e. The van der Waals surface area contributed by atoms with Crippen molar-refractivity contribution < 1.29 is 34.1 Å². The average molecular weight is 964 g/mol. The fourth-order valence-corrected chi connectivity index (χ4v) is 11.2. The second kappa shape index (κ2) is 22.2. The van der Waals surface area contributed by atoms with E-state index in [4.69, 9.17) is 24.2 Å². The lowest BCUT2D eigenvalue weighted by Gasteiger charge is -2.60. The molecule has 6 aromatic carbocycles. The Kier molecular flexibility index (Phi) is 15.4. The Bertz CT molecular complexity index is 2950. The van der Waals surface area contributed by atoms with Crippen LogP contribution < -0.4 is 9.47 Å². The summed E-state index contributed by atoms with van der Waals surface area (Å²) < 4.78 is 21.6. The first-order valence-corrected chi connectivity index (χ1v) is 25.4. The number of fused-ring (bicyclic) bond motifs is 3. The molecule has 0 spiro atoms. The number of allylic oxidation sites excluding steroid dienone is 1. The molecule has 1 aliphatic heterocycles. The van der Waals surface area contributed by atoms with Crippen LogP contribution in [0.4, 0.5) is 0 Å². The first kappa shape index (κ1) is 49.9. The summed E-state index contributed by atoms with van der Waals surface area (Å²) in [4.78, 5) is 24.0.